The summed E-state index contributed by atoms with van der Waals surface area (Å²) in [6.07, 6.45) is 5.24. The fraction of sp³-hybridized carbons (Fsp3) is 0.444. The van der Waals surface area contributed by atoms with Crippen LogP contribution in [0.3, 0.4) is 0 Å². The van der Waals surface area contributed by atoms with Gasteiger partial charge in [-0.3, -0.25) is 0 Å². The fourth-order valence-electron chi connectivity index (χ4n) is 0.595. The number of carbonyl (C=O) groups is 1. The highest BCUT2D eigenvalue weighted by molar-refractivity contribution is 5.85. The lowest BCUT2D eigenvalue weighted by molar-refractivity contribution is -0.139. The number of carbonyl (C=O) groups excluding carboxylic acids is 1. The second kappa shape index (κ2) is 6.46. The lowest BCUT2D eigenvalue weighted by Crippen LogP contribution is -2.07. The van der Waals surface area contributed by atoms with Crippen LogP contribution in [-0.4, -0.2) is 19.7 Å². The molecule has 0 rings (SSSR count). The average Bonchev–Trinajstić information content (AvgIpc) is 2.11. The van der Waals surface area contributed by atoms with Crippen LogP contribution in [0.1, 0.15) is 13.8 Å². The van der Waals surface area contributed by atoms with Crippen molar-refractivity contribution in [1.29, 1.82) is 0 Å². The minimum Gasteiger partial charge on any atom is -0.483 e. The predicted octanol–water partition coefficient (Wildman–Crippen LogP) is 1.66. The number of rotatable bonds is 4. The van der Waals surface area contributed by atoms with Gasteiger partial charge in [-0.05, 0) is 19.9 Å². The molecule has 0 bridgehead atoms. The van der Waals surface area contributed by atoms with E-state index in [2.05, 4.69) is 4.74 Å². The summed E-state index contributed by atoms with van der Waals surface area (Å²) in [5.41, 5.74) is 0. The van der Waals surface area contributed by atoms with Crippen LogP contribution >= 0.6 is 0 Å². The van der Waals surface area contributed by atoms with E-state index >= 15 is 0 Å². The maximum atomic E-state index is 10.9. The molecule has 0 aliphatic heterocycles. The molecule has 0 amide bonds. The Bertz CT molecular complexity index is 192. The molecule has 0 atom stereocenters. The van der Waals surface area contributed by atoms with Gasteiger partial charge >= 0.3 is 5.97 Å². The summed E-state index contributed by atoms with van der Waals surface area (Å²) in [5, 5.41) is 0. The van der Waals surface area contributed by atoms with E-state index in [9.17, 15) is 4.79 Å². The van der Waals surface area contributed by atoms with Crippen molar-refractivity contribution in [2.75, 3.05) is 13.7 Å². The van der Waals surface area contributed by atoms with E-state index in [1.54, 1.807) is 13.0 Å². The quantitative estimate of drug-likeness (QED) is 0.278. The molecule has 3 heteroatoms. The molecule has 0 fully saturated rings. The zero-order chi connectivity index (χ0) is 9.40. The topological polar surface area (TPSA) is 35.5 Å². The SMILES string of the molecule is C/C=C(\OC/C=C/C)C(=O)OC. The van der Waals surface area contributed by atoms with Gasteiger partial charge in [0.15, 0.2) is 0 Å². The van der Waals surface area contributed by atoms with Gasteiger partial charge in [-0.1, -0.05) is 12.2 Å². The smallest absolute Gasteiger partial charge is 0.372 e. The van der Waals surface area contributed by atoms with Crippen molar-refractivity contribution >= 4 is 5.97 Å². The van der Waals surface area contributed by atoms with Crippen LogP contribution in [0, 0.1) is 0 Å². The first kappa shape index (κ1) is 10.8. The fourth-order valence-corrected chi connectivity index (χ4v) is 0.595. The van der Waals surface area contributed by atoms with E-state index in [0.717, 1.165) is 0 Å². The van der Waals surface area contributed by atoms with Crippen LogP contribution in [0.4, 0.5) is 0 Å². The monoisotopic (exact) mass is 170 g/mol. The van der Waals surface area contributed by atoms with Crippen LogP contribution in [0.2, 0.25) is 0 Å². The standard InChI is InChI=1S/C9H14O3/c1-4-6-7-12-8(5-2)9(10)11-3/h4-6H,7H2,1-3H3/b6-4+,8-5-. The molecule has 0 aliphatic rings. The minimum atomic E-state index is -0.443. The number of allylic oxidation sites excluding steroid dienone is 2. The molecule has 0 saturated heterocycles. The number of esters is 1. The zero-order valence-electron chi connectivity index (χ0n) is 7.66. The summed E-state index contributed by atoms with van der Waals surface area (Å²) in [6.45, 7) is 4.00. The van der Waals surface area contributed by atoms with Gasteiger partial charge in [0.2, 0.25) is 5.76 Å². The van der Waals surface area contributed by atoms with E-state index in [0.29, 0.717) is 6.61 Å². The summed E-state index contributed by atoms with van der Waals surface area (Å²) < 4.78 is 9.56. The summed E-state index contributed by atoms with van der Waals surface area (Å²) in [7, 11) is 1.32. The lowest BCUT2D eigenvalue weighted by atomic mass is 10.4. The first-order chi connectivity index (χ1) is 5.76. The average molecular weight is 170 g/mol. The third-order valence-corrected chi connectivity index (χ3v) is 1.22. The molecule has 0 saturated carbocycles. The van der Waals surface area contributed by atoms with Gasteiger partial charge < -0.3 is 9.47 Å². The van der Waals surface area contributed by atoms with Crippen molar-refractivity contribution in [3.63, 3.8) is 0 Å². The minimum absolute atomic E-state index is 0.246. The Morgan fingerprint density at radius 3 is 2.50 bits per heavy atom. The number of ether oxygens (including phenoxy) is 2. The van der Waals surface area contributed by atoms with Gasteiger partial charge in [0, 0.05) is 0 Å². The Balaban J connectivity index is 3.93. The van der Waals surface area contributed by atoms with E-state index in [-0.39, 0.29) is 5.76 Å². The Morgan fingerprint density at radius 1 is 1.42 bits per heavy atom. The van der Waals surface area contributed by atoms with E-state index in [1.807, 2.05) is 19.1 Å². The van der Waals surface area contributed by atoms with E-state index in [4.69, 9.17) is 4.74 Å². The Labute approximate surface area is 72.7 Å². The third-order valence-electron chi connectivity index (χ3n) is 1.22. The van der Waals surface area contributed by atoms with Crippen molar-refractivity contribution in [2.24, 2.45) is 0 Å². The molecule has 0 aliphatic carbocycles. The Kier molecular flexibility index (Phi) is 5.79. The van der Waals surface area contributed by atoms with E-state index < -0.39 is 5.97 Å². The Morgan fingerprint density at radius 2 is 2.08 bits per heavy atom. The molecule has 0 radical (unpaired) electrons. The van der Waals surface area contributed by atoms with Crippen molar-refractivity contribution < 1.29 is 14.3 Å². The summed E-state index contributed by atoms with van der Waals surface area (Å²) >= 11 is 0. The maximum absolute atomic E-state index is 10.9. The summed E-state index contributed by atoms with van der Waals surface area (Å²) in [4.78, 5) is 10.9. The summed E-state index contributed by atoms with van der Waals surface area (Å²) in [5.74, 6) is -0.197. The highest BCUT2D eigenvalue weighted by Gasteiger charge is 2.07. The molecule has 68 valence electrons. The first-order valence-electron chi connectivity index (χ1n) is 3.74. The van der Waals surface area contributed by atoms with Gasteiger partial charge in [-0.25, -0.2) is 4.79 Å². The van der Waals surface area contributed by atoms with Crippen LogP contribution in [0.15, 0.2) is 24.0 Å². The van der Waals surface area contributed by atoms with Crippen LogP contribution in [0.25, 0.3) is 0 Å². The normalized spacial score (nSPS) is 11.8. The molecule has 0 aromatic heterocycles. The molecule has 0 heterocycles. The number of methoxy groups -OCH3 is 1. The second-order valence-corrected chi connectivity index (χ2v) is 2.02. The van der Waals surface area contributed by atoms with Gasteiger partial charge in [-0.2, -0.15) is 0 Å². The van der Waals surface area contributed by atoms with Crippen molar-refractivity contribution in [3.8, 4) is 0 Å². The number of hydrogen-bond acceptors (Lipinski definition) is 3. The van der Waals surface area contributed by atoms with E-state index in [1.165, 1.54) is 7.11 Å². The number of hydrogen-bond donors (Lipinski definition) is 0. The van der Waals surface area contributed by atoms with Crippen LogP contribution in [0.5, 0.6) is 0 Å². The molecule has 0 unspecified atom stereocenters. The van der Waals surface area contributed by atoms with Gasteiger partial charge in [-0.15, -0.1) is 0 Å². The molecule has 0 aromatic carbocycles. The van der Waals surface area contributed by atoms with Crippen LogP contribution in [-0.2, 0) is 14.3 Å². The predicted molar refractivity (Wildman–Crippen MR) is 46.5 cm³/mol. The lowest BCUT2D eigenvalue weighted by Gasteiger charge is -2.04. The zero-order valence-corrected chi connectivity index (χ0v) is 7.66. The van der Waals surface area contributed by atoms with Crippen LogP contribution < -0.4 is 0 Å². The van der Waals surface area contributed by atoms with Crippen molar-refractivity contribution in [1.82, 2.24) is 0 Å². The van der Waals surface area contributed by atoms with Crippen molar-refractivity contribution in [3.05, 3.63) is 24.0 Å². The van der Waals surface area contributed by atoms with Crippen molar-refractivity contribution in [2.45, 2.75) is 13.8 Å². The van der Waals surface area contributed by atoms with Gasteiger partial charge in [0.1, 0.15) is 6.61 Å². The second-order valence-electron chi connectivity index (χ2n) is 2.02. The highest BCUT2D eigenvalue weighted by atomic mass is 16.6. The molecular weight excluding hydrogens is 156 g/mol. The maximum Gasteiger partial charge on any atom is 0.372 e. The highest BCUT2D eigenvalue weighted by Crippen LogP contribution is 1.99. The molecule has 0 N–H and O–H groups in total. The molecule has 0 aromatic rings. The van der Waals surface area contributed by atoms with Gasteiger partial charge in [0.05, 0.1) is 7.11 Å². The largest absolute Gasteiger partial charge is 0.483 e. The first-order valence-corrected chi connectivity index (χ1v) is 3.74. The third kappa shape index (κ3) is 3.81. The van der Waals surface area contributed by atoms with Gasteiger partial charge in [0.25, 0.3) is 0 Å². The molecule has 12 heavy (non-hydrogen) atoms. The molecule has 3 nitrogen and oxygen atoms in total. The molecular formula is C9H14O3. The molecule has 0 spiro atoms. The summed E-state index contributed by atoms with van der Waals surface area (Å²) in [6, 6.07) is 0. The Hall–Kier alpha value is -1.25.